The summed E-state index contributed by atoms with van der Waals surface area (Å²) >= 11 is 0. The van der Waals surface area contributed by atoms with Gasteiger partial charge in [-0.05, 0) is 20.8 Å². The molecule has 0 atom stereocenters. The summed E-state index contributed by atoms with van der Waals surface area (Å²) < 4.78 is 4.83. The Kier molecular flexibility index (Phi) is 7.08. The number of carbonyl (C=O) groups is 1. The minimum Gasteiger partial charge on any atom is -0.473 e. The molecule has 0 aliphatic heterocycles. The summed E-state index contributed by atoms with van der Waals surface area (Å²) in [6.07, 6.45) is 1.16. The van der Waals surface area contributed by atoms with Crippen LogP contribution in [0.15, 0.2) is 12.7 Å². The topological polar surface area (TPSA) is 63.6 Å². The lowest BCUT2D eigenvalue weighted by Crippen LogP contribution is -2.22. The highest BCUT2D eigenvalue weighted by Gasteiger charge is 2.12. The van der Waals surface area contributed by atoms with E-state index in [0.29, 0.717) is 6.47 Å². The minimum atomic E-state index is -0.398. The first-order chi connectivity index (χ1) is 5.37. The average Bonchev–Trinajstić information content (AvgIpc) is 1.86. The molecule has 0 fully saturated rings. The Bertz CT molecular complexity index is 155. The highest BCUT2D eigenvalue weighted by atomic mass is 16.6. The molecule has 0 unspecified atom stereocenters. The van der Waals surface area contributed by atoms with Gasteiger partial charge < -0.3 is 9.84 Å². The molecule has 0 aliphatic rings. The molecule has 4 nitrogen and oxygen atoms in total. The van der Waals surface area contributed by atoms with Crippen LogP contribution in [-0.4, -0.2) is 23.1 Å². The summed E-state index contributed by atoms with van der Waals surface area (Å²) in [6, 6.07) is 0. The summed E-state index contributed by atoms with van der Waals surface area (Å²) in [5, 5.41) is 6.76. The van der Waals surface area contributed by atoms with E-state index in [1.165, 1.54) is 0 Å². The smallest absolute Gasteiger partial charge is 0.414 e. The van der Waals surface area contributed by atoms with Gasteiger partial charge >= 0.3 is 12.4 Å². The Balaban J connectivity index is 0. The van der Waals surface area contributed by atoms with Gasteiger partial charge in [-0.1, -0.05) is 6.58 Å². The van der Waals surface area contributed by atoms with Crippen molar-refractivity contribution in [2.45, 2.75) is 26.4 Å². The van der Waals surface area contributed by atoms with Gasteiger partial charge in [0, 0.05) is 6.08 Å². The number of hydrogen-bond acceptors (Lipinski definition) is 3. The molecule has 4 heteroatoms. The van der Waals surface area contributed by atoms with Crippen LogP contribution in [0.4, 0.5) is 0 Å². The summed E-state index contributed by atoms with van der Waals surface area (Å²) in [6.45, 7) is 9.21. The molecule has 0 saturated heterocycles. The second-order valence-corrected chi connectivity index (χ2v) is 2.83. The molecule has 0 bridgehead atoms. The van der Waals surface area contributed by atoms with Gasteiger partial charge in [-0.15, -0.1) is 0 Å². The molecule has 0 aliphatic carbocycles. The van der Waals surface area contributed by atoms with E-state index in [1.54, 1.807) is 0 Å². The van der Waals surface area contributed by atoms with Crippen molar-refractivity contribution in [1.82, 2.24) is 0 Å². The summed E-state index contributed by atoms with van der Waals surface area (Å²) in [4.78, 5) is 18.7. The molecule has 12 heavy (non-hydrogen) atoms. The van der Waals surface area contributed by atoms with Crippen molar-refractivity contribution < 1.29 is 19.4 Å². The predicted octanol–water partition coefficient (Wildman–Crippen LogP) is 1.13. The van der Waals surface area contributed by atoms with Crippen LogP contribution in [0, 0.1) is 0 Å². The Morgan fingerprint density at radius 1 is 1.58 bits per heavy atom. The summed E-state index contributed by atoms with van der Waals surface area (Å²) in [5.41, 5.74) is -0.398. The Labute approximate surface area is 71.8 Å². The number of rotatable bonds is 1. The Morgan fingerprint density at radius 2 is 1.92 bits per heavy atom. The predicted molar refractivity (Wildman–Crippen MR) is 44.4 cm³/mol. The molecule has 0 saturated carbocycles. The van der Waals surface area contributed by atoms with Crippen molar-refractivity contribution in [3.05, 3.63) is 12.7 Å². The largest absolute Gasteiger partial charge is 0.473 e. The zero-order chi connectivity index (χ0) is 10.2. The number of aliphatic hydroxyl groups excluding tert-OH is 1. The quantitative estimate of drug-likeness (QED) is 0.476. The van der Waals surface area contributed by atoms with E-state index >= 15 is 0 Å². The molecule has 0 rings (SSSR count). The molecule has 0 aromatic carbocycles. The third-order valence-corrected chi connectivity index (χ3v) is 0.573. The maximum atomic E-state index is 10.5. The standard InChI is InChI=1S/C7H12O2.CHO2/c1-5-6(8)9-7(2,3)4;2-1-3/h5H,1H2,2-4H3;(H,2,3). The van der Waals surface area contributed by atoms with Crippen molar-refractivity contribution in [2.24, 2.45) is 0 Å². The van der Waals surface area contributed by atoms with Gasteiger partial charge in [-0.2, -0.15) is 0 Å². The third-order valence-electron chi connectivity index (χ3n) is 0.573. The molecule has 0 spiro atoms. The normalized spacial score (nSPS) is 8.92. The fourth-order valence-corrected chi connectivity index (χ4v) is 0.343. The third kappa shape index (κ3) is 15.9. The van der Waals surface area contributed by atoms with Crippen molar-refractivity contribution in [3.8, 4) is 0 Å². The van der Waals surface area contributed by atoms with Crippen LogP contribution in [0.2, 0.25) is 0 Å². The molecule has 0 aromatic heterocycles. The van der Waals surface area contributed by atoms with Gasteiger partial charge in [0.05, 0.1) is 0 Å². The van der Waals surface area contributed by atoms with Crippen molar-refractivity contribution in [2.75, 3.05) is 0 Å². The van der Waals surface area contributed by atoms with Gasteiger partial charge in [0.1, 0.15) is 5.60 Å². The minimum absolute atomic E-state index is 0.373. The second-order valence-electron chi connectivity index (χ2n) is 2.83. The highest BCUT2D eigenvalue weighted by molar-refractivity contribution is 5.81. The fourth-order valence-electron chi connectivity index (χ4n) is 0.343. The lowest BCUT2D eigenvalue weighted by molar-refractivity contribution is -0.148. The highest BCUT2D eigenvalue weighted by Crippen LogP contribution is 2.06. The summed E-state index contributed by atoms with van der Waals surface area (Å²) in [7, 11) is 0. The molecule has 0 heterocycles. The van der Waals surface area contributed by atoms with Crippen LogP contribution in [0.3, 0.4) is 0 Å². The molecule has 1 N–H and O–H groups in total. The van der Waals surface area contributed by atoms with Crippen molar-refractivity contribution >= 4 is 12.4 Å². The van der Waals surface area contributed by atoms with Crippen LogP contribution in [0.5, 0.6) is 0 Å². The number of hydrogen-bond donors (Lipinski definition) is 1. The van der Waals surface area contributed by atoms with Crippen LogP contribution in [0.1, 0.15) is 20.8 Å². The van der Waals surface area contributed by atoms with Crippen molar-refractivity contribution in [1.29, 1.82) is 0 Å². The van der Waals surface area contributed by atoms with Gasteiger partial charge in [0.15, 0.2) is 0 Å². The van der Waals surface area contributed by atoms with Gasteiger partial charge in [-0.25, -0.2) is 9.59 Å². The maximum Gasteiger partial charge on any atom is 0.414 e. The number of carbonyl (C=O) groups excluding carboxylic acids is 1. The van der Waals surface area contributed by atoms with Crippen LogP contribution < -0.4 is 0 Å². The zero-order valence-electron chi connectivity index (χ0n) is 7.46. The lowest BCUT2D eigenvalue weighted by Gasteiger charge is -2.17. The van der Waals surface area contributed by atoms with E-state index in [9.17, 15) is 4.79 Å². The lowest BCUT2D eigenvalue weighted by atomic mass is 10.2. The van der Waals surface area contributed by atoms with Gasteiger partial charge in [0.2, 0.25) is 0 Å². The van der Waals surface area contributed by atoms with Gasteiger partial charge in [0.25, 0.3) is 0 Å². The zero-order valence-corrected chi connectivity index (χ0v) is 7.46. The van der Waals surface area contributed by atoms with E-state index < -0.39 is 5.60 Å². The first-order valence-corrected chi connectivity index (χ1v) is 3.24. The van der Waals surface area contributed by atoms with E-state index in [0.717, 1.165) is 6.08 Å². The van der Waals surface area contributed by atoms with E-state index in [2.05, 4.69) is 6.58 Å². The van der Waals surface area contributed by atoms with E-state index in [-0.39, 0.29) is 5.97 Å². The summed E-state index contributed by atoms with van der Waals surface area (Å²) in [5.74, 6) is -0.373. The monoisotopic (exact) mass is 173 g/mol. The van der Waals surface area contributed by atoms with E-state index in [1.807, 2.05) is 20.8 Å². The SMILES string of the molecule is C=CC(=O)OC(C)(C)C.O=[C]O. The van der Waals surface area contributed by atoms with Gasteiger partial charge in [-0.3, -0.25) is 0 Å². The Morgan fingerprint density at radius 3 is 2.00 bits per heavy atom. The molecular formula is C8H13O4. The Hall–Kier alpha value is -1.32. The molecular weight excluding hydrogens is 160 g/mol. The number of esters is 1. The second kappa shape index (κ2) is 6.39. The van der Waals surface area contributed by atoms with E-state index in [4.69, 9.17) is 14.6 Å². The molecule has 69 valence electrons. The van der Waals surface area contributed by atoms with Crippen molar-refractivity contribution in [3.63, 3.8) is 0 Å². The van der Waals surface area contributed by atoms with Crippen LogP contribution >= 0.6 is 0 Å². The fraction of sp³-hybridized carbons (Fsp3) is 0.500. The molecule has 0 amide bonds. The first kappa shape index (κ1) is 13.3. The number of ether oxygens (including phenoxy) is 1. The maximum absolute atomic E-state index is 10.5. The first-order valence-electron chi connectivity index (χ1n) is 3.24. The van der Waals surface area contributed by atoms with Crippen LogP contribution in [0.25, 0.3) is 0 Å². The van der Waals surface area contributed by atoms with Crippen LogP contribution in [-0.2, 0) is 14.3 Å². The molecule has 1 radical (unpaired) electrons. The average molecular weight is 173 g/mol. The molecule has 0 aromatic rings.